The van der Waals surface area contributed by atoms with E-state index in [-0.39, 0.29) is 0 Å². The zero-order chi connectivity index (χ0) is 8.43. The van der Waals surface area contributed by atoms with Crippen LogP contribution in [0, 0.1) is 0 Å². The number of hydrogen-bond acceptors (Lipinski definition) is 1. The second-order valence-corrected chi connectivity index (χ2v) is 2.86. The lowest BCUT2D eigenvalue weighted by molar-refractivity contribution is 0.116. The zero-order valence-corrected chi connectivity index (χ0v) is 6.46. The van der Waals surface area contributed by atoms with Crippen LogP contribution in [0.3, 0.4) is 0 Å². The van der Waals surface area contributed by atoms with E-state index in [1.165, 1.54) is 11.8 Å². The number of hydrogen-bond donors (Lipinski definition) is 1. The molecule has 0 unspecified atom stereocenters. The molecule has 64 valence electrons. The predicted octanol–water partition coefficient (Wildman–Crippen LogP) is 1.49. The number of nitrogens with zero attached hydrogens (tertiary/aromatic N) is 1. The first-order valence-electron chi connectivity index (χ1n) is 3.76. The highest BCUT2D eigenvalue weighted by atomic mass is 19.1. The van der Waals surface area contributed by atoms with Crippen LogP contribution in [-0.2, 0) is 0 Å². The van der Waals surface area contributed by atoms with E-state index in [1.54, 1.807) is 0 Å². The molecule has 2 atom stereocenters. The van der Waals surface area contributed by atoms with Gasteiger partial charge in [0.05, 0.1) is 6.04 Å². The maximum Gasteiger partial charge on any atom is 0.407 e. The average molecular weight is 161 g/mol. The van der Waals surface area contributed by atoms with Crippen LogP contribution in [0.2, 0.25) is 0 Å². The van der Waals surface area contributed by atoms with Crippen LogP contribution in [-0.4, -0.2) is 34.9 Å². The van der Waals surface area contributed by atoms with Gasteiger partial charge >= 0.3 is 6.09 Å². The summed E-state index contributed by atoms with van der Waals surface area (Å²) in [5, 5.41) is 8.59. The van der Waals surface area contributed by atoms with Crippen molar-refractivity contribution in [2.75, 3.05) is 6.54 Å². The Labute approximate surface area is 64.8 Å². The van der Waals surface area contributed by atoms with Crippen molar-refractivity contribution in [3.05, 3.63) is 0 Å². The Morgan fingerprint density at radius 2 is 2.45 bits per heavy atom. The van der Waals surface area contributed by atoms with Crippen LogP contribution in [0.15, 0.2) is 0 Å². The summed E-state index contributed by atoms with van der Waals surface area (Å²) in [6.45, 7) is 1.89. The monoisotopic (exact) mass is 161 g/mol. The molecule has 0 spiro atoms. The third kappa shape index (κ3) is 1.61. The SMILES string of the molecule is C[C@@H](F)[C@H]1CCCN1C(=O)O. The molecule has 11 heavy (non-hydrogen) atoms. The van der Waals surface area contributed by atoms with E-state index < -0.39 is 18.3 Å². The summed E-state index contributed by atoms with van der Waals surface area (Å²) in [4.78, 5) is 11.7. The van der Waals surface area contributed by atoms with Crippen LogP contribution < -0.4 is 0 Å². The number of halogens is 1. The summed E-state index contributed by atoms with van der Waals surface area (Å²) in [5.41, 5.74) is 0. The van der Waals surface area contributed by atoms with E-state index in [4.69, 9.17) is 5.11 Å². The van der Waals surface area contributed by atoms with Crippen molar-refractivity contribution in [3.8, 4) is 0 Å². The second-order valence-electron chi connectivity index (χ2n) is 2.86. The molecule has 1 aliphatic heterocycles. The van der Waals surface area contributed by atoms with Crippen molar-refractivity contribution in [2.24, 2.45) is 0 Å². The molecule has 0 aliphatic carbocycles. The van der Waals surface area contributed by atoms with Gasteiger partial charge in [0.15, 0.2) is 0 Å². The van der Waals surface area contributed by atoms with E-state index in [0.717, 1.165) is 6.42 Å². The lowest BCUT2D eigenvalue weighted by Gasteiger charge is -2.22. The lowest BCUT2D eigenvalue weighted by atomic mass is 10.1. The number of amides is 1. The quantitative estimate of drug-likeness (QED) is 0.632. The Hall–Kier alpha value is -0.800. The molecule has 0 aromatic rings. The first-order valence-corrected chi connectivity index (χ1v) is 3.76. The number of rotatable bonds is 1. The van der Waals surface area contributed by atoms with Crippen molar-refractivity contribution in [3.63, 3.8) is 0 Å². The van der Waals surface area contributed by atoms with Gasteiger partial charge in [-0.2, -0.15) is 0 Å². The van der Waals surface area contributed by atoms with E-state index in [1.807, 2.05) is 0 Å². The van der Waals surface area contributed by atoms with Crippen molar-refractivity contribution in [1.82, 2.24) is 4.90 Å². The summed E-state index contributed by atoms with van der Waals surface area (Å²) >= 11 is 0. The third-order valence-electron chi connectivity index (χ3n) is 2.08. The Bertz CT molecular complexity index is 161. The molecular formula is C7H12FNO2. The van der Waals surface area contributed by atoms with Gasteiger partial charge < -0.3 is 10.0 Å². The minimum absolute atomic E-state index is 0.410. The maximum absolute atomic E-state index is 12.7. The first kappa shape index (κ1) is 8.30. The minimum atomic E-state index is -1.05. The van der Waals surface area contributed by atoms with E-state index in [9.17, 15) is 9.18 Å². The van der Waals surface area contributed by atoms with Gasteiger partial charge in [-0.1, -0.05) is 0 Å². The van der Waals surface area contributed by atoms with Gasteiger partial charge in [0.25, 0.3) is 0 Å². The van der Waals surface area contributed by atoms with Crippen molar-refractivity contribution < 1.29 is 14.3 Å². The highest BCUT2D eigenvalue weighted by molar-refractivity contribution is 5.65. The number of carbonyl (C=O) groups is 1. The van der Waals surface area contributed by atoms with Crippen molar-refractivity contribution in [1.29, 1.82) is 0 Å². The topological polar surface area (TPSA) is 40.5 Å². The smallest absolute Gasteiger partial charge is 0.407 e. The van der Waals surface area contributed by atoms with E-state index in [2.05, 4.69) is 0 Å². The Kier molecular flexibility index (Phi) is 2.31. The fraction of sp³-hybridized carbons (Fsp3) is 0.857. The van der Waals surface area contributed by atoms with Crippen LogP contribution in [0.25, 0.3) is 0 Å². The van der Waals surface area contributed by atoms with Crippen LogP contribution in [0.4, 0.5) is 9.18 Å². The Morgan fingerprint density at radius 3 is 2.82 bits per heavy atom. The third-order valence-corrected chi connectivity index (χ3v) is 2.08. The predicted molar refractivity (Wildman–Crippen MR) is 38.3 cm³/mol. The molecule has 0 aromatic carbocycles. The summed E-state index contributed by atoms with van der Waals surface area (Å²) in [5.74, 6) is 0. The molecule has 0 bridgehead atoms. The highest BCUT2D eigenvalue weighted by Crippen LogP contribution is 2.21. The fourth-order valence-electron chi connectivity index (χ4n) is 1.51. The molecule has 0 aromatic heterocycles. The number of likely N-dealkylation sites (tertiary alicyclic amines) is 1. The van der Waals surface area contributed by atoms with E-state index >= 15 is 0 Å². The normalized spacial score (nSPS) is 27.1. The molecule has 1 amide bonds. The van der Waals surface area contributed by atoms with Gasteiger partial charge in [0.2, 0.25) is 0 Å². The molecule has 1 rings (SSSR count). The number of carboxylic acid groups (broad SMARTS) is 1. The molecule has 0 radical (unpaired) electrons. The zero-order valence-electron chi connectivity index (χ0n) is 6.46. The first-order chi connectivity index (χ1) is 5.13. The minimum Gasteiger partial charge on any atom is -0.465 e. The van der Waals surface area contributed by atoms with Gasteiger partial charge in [-0.25, -0.2) is 9.18 Å². The second kappa shape index (κ2) is 3.07. The fourth-order valence-corrected chi connectivity index (χ4v) is 1.51. The van der Waals surface area contributed by atoms with Crippen molar-refractivity contribution in [2.45, 2.75) is 32.0 Å². The average Bonchev–Trinajstić information content (AvgIpc) is 2.32. The van der Waals surface area contributed by atoms with Crippen LogP contribution in [0.5, 0.6) is 0 Å². The van der Waals surface area contributed by atoms with Crippen LogP contribution >= 0.6 is 0 Å². The molecule has 1 fully saturated rings. The summed E-state index contributed by atoms with van der Waals surface area (Å²) < 4.78 is 12.7. The highest BCUT2D eigenvalue weighted by Gasteiger charge is 2.32. The largest absolute Gasteiger partial charge is 0.465 e. The van der Waals surface area contributed by atoms with Crippen LogP contribution in [0.1, 0.15) is 19.8 Å². The molecular weight excluding hydrogens is 149 g/mol. The summed E-state index contributed by atoms with van der Waals surface area (Å²) in [7, 11) is 0. The van der Waals surface area contributed by atoms with Gasteiger partial charge in [-0.3, -0.25) is 0 Å². The van der Waals surface area contributed by atoms with E-state index in [0.29, 0.717) is 13.0 Å². The van der Waals surface area contributed by atoms with Gasteiger partial charge in [0.1, 0.15) is 6.17 Å². The molecule has 1 N–H and O–H groups in total. The summed E-state index contributed by atoms with van der Waals surface area (Å²) in [6.07, 6.45) is -0.611. The van der Waals surface area contributed by atoms with Gasteiger partial charge in [-0.15, -0.1) is 0 Å². The number of alkyl halides is 1. The standard InChI is InChI=1S/C7H12FNO2/c1-5(8)6-3-2-4-9(6)7(10)11/h5-6H,2-4H2,1H3,(H,10,11)/t5-,6-/m1/s1. The maximum atomic E-state index is 12.7. The van der Waals surface area contributed by atoms with Crippen molar-refractivity contribution >= 4 is 6.09 Å². The Morgan fingerprint density at radius 1 is 1.82 bits per heavy atom. The van der Waals surface area contributed by atoms with Gasteiger partial charge in [0, 0.05) is 6.54 Å². The van der Waals surface area contributed by atoms with Gasteiger partial charge in [-0.05, 0) is 19.8 Å². The molecule has 1 heterocycles. The summed E-state index contributed by atoms with van der Waals surface area (Å²) in [6, 6.07) is -0.410. The molecule has 3 nitrogen and oxygen atoms in total. The molecule has 4 heteroatoms. The molecule has 1 saturated heterocycles. The molecule has 0 saturated carbocycles. The lowest BCUT2D eigenvalue weighted by Crippen LogP contribution is -2.39. The Balaban J connectivity index is 2.58. The molecule has 1 aliphatic rings.